The Morgan fingerprint density at radius 3 is 2.64 bits per heavy atom. The minimum Gasteiger partial charge on any atom is -0.493 e. The van der Waals surface area contributed by atoms with Crippen LogP contribution in [0.4, 0.5) is 10.1 Å². The normalized spacial score (nSPS) is 10.5. The molecule has 0 radical (unpaired) electrons. The number of nitrogens with zero attached hydrogens (tertiary/aromatic N) is 1. The number of ether oxygens (including phenoxy) is 2. The molecule has 0 saturated heterocycles. The molecule has 6 nitrogen and oxygen atoms in total. The summed E-state index contributed by atoms with van der Waals surface area (Å²) in [6, 6.07) is 10.7. The quantitative estimate of drug-likeness (QED) is 0.589. The fourth-order valence-electron chi connectivity index (χ4n) is 1.96. The molecule has 2 aromatic rings. The van der Waals surface area contributed by atoms with Crippen LogP contribution in [0.25, 0.3) is 0 Å². The molecule has 2 aromatic carbocycles. The molecule has 7 heteroatoms. The van der Waals surface area contributed by atoms with Gasteiger partial charge in [0.15, 0.2) is 18.1 Å². The van der Waals surface area contributed by atoms with Crippen LogP contribution in [0.1, 0.15) is 12.5 Å². The van der Waals surface area contributed by atoms with Crippen LogP contribution < -0.4 is 14.8 Å². The highest BCUT2D eigenvalue weighted by Gasteiger charge is 2.05. The Hall–Kier alpha value is -3.09. The number of hydrogen-bond acceptors (Lipinski definition) is 5. The molecule has 0 heterocycles. The van der Waals surface area contributed by atoms with E-state index in [2.05, 4.69) is 10.5 Å². The van der Waals surface area contributed by atoms with Crippen LogP contribution in [0.5, 0.6) is 11.5 Å². The van der Waals surface area contributed by atoms with E-state index in [9.17, 15) is 9.18 Å². The molecule has 25 heavy (non-hydrogen) atoms. The molecule has 1 N–H and O–H groups in total. The molecular formula is C18H19FN2O4. The Morgan fingerprint density at radius 2 is 1.96 bits per heavy atom. The number of anilines is 1. The van der Waals surface area contributed by atoms with Crippen molar-refractivity contribution in [2.24, 2.45) is 5.16 Å². The minimum absolute atomic E-state index is 0.262. The van der Waals surface area contributed by atoms with Crippen molar-refractivity contribution in [3.8, 4) is 11.5 Å². The average Bonchev–Trinajstić information content (AvgIpc) is 2.62. The van der Waals surface area contributed by atoms with Crippen molar-refractivity contribution < 1.29 is 23.5 Å². The lowest BCUT2D eigenvalue weighted by Gasteiger charge is -2.09. The predicted octanol–water partition coefficient (Wildman–Crippen LogP) is 3.22. The molecule has 1 amide bonds. The van der Waals surface area contributed by atoms with Gasteiger partial charge in [0.1, 0.15) is 5.82 Å². The molecule has 0 spiro atoms. The maximum atomic E-state index is 12.8. The summed E-state index contributed by atoms with van der Waals surface area (Å²) in [5.41, 5.74) is 1.22. The summed E-state index contributed by atoms with van der Waals surface area (Å²) in [7, 11) is 1.55. The Bertz CT molecular complexity index is 732. The third kappa shape index (κ3) is 5.80. The minimum atomic E-state index is -0.395. The summed E-state index contributed by atoms with van der Waals surface area (Å²) < 4.78 is 23.4. The van der Waals surface area contributed by atoms with Gasteiger partial charge in [-0.05, 0) is 49.4 Å². The lowest BCUT2D eigenvalue weighted by atomic mass is 10.2. The lowest BCUT2D eigenvalue weighted by Crippen LogP contribution is -2.16. The van der Waals surface area contributed by atoms with E-state index in [-0.39, 0.29) is 12.4 Å². The van der Waals surface area contributed by atoms with Crippen LogP contribution in [0, 0.1) is 5.82 Å². The molecule has 0 aliphatic rings. The zero-order valence-corrected chi connectivity index (χ0v) is 14.0. The molecule has 2 rings (SSSR count). The number of carbonyl (C=O) groups excluding carboxylic acids is 1. The van der Waals surface area contributed by atoms with Gasteiger partial charge in [-0.2, -0.15) is 0 Å². The number of nitrogens with one attached hydrogen (secondary N) is 1. The molecule has 132 valence electrons. The molecule has 0 saturated carbocycles. The Kier molecular flexibility index (Phi) is 6.76. The van der Waals surface area contributed by atoms with Crippen molar-refractivity contribution in [3.05, 3.63) is 53.8 Å². The van der Waals surface area contributed by atoms with Crippen molar-refractivity contribution in [2.45, 2.75) is 6.92 Å². The van der Waals surface area contributed by atoms with E-state index >= 15 is 0 Å². The number of benzene rings is 2. The van der Waals surface area contributed by atoms with E-state index in [0.29, 0.717) is 23.8 Å². The Morgan fingerprint density at radius 1 is 1.20 bits per heavy atom. The maximum Gasteiger partial charge on any atom is 0.265 e. The van der Waals surface area contributed by atoms with Gasteiger partial charge in [-0.15, -0.1) is 0 Å². The van der Waals surface area contributed by atoms with Crippen LogP contribution >= 0.6 is 0 Å². The number of carbonyl (C=O) groups is 1. The SMILES string of the molecule is CCOc1ccc(C=NOCC(=O)Nc2ccc(F)cc2)cc1OC. The van der Waals surface area contributed by atoms with E-state index in [1.54, 1.807) is 25.3 Å². The van der Waals surface area contributed by atoms with E-state index < -0.39 is 5.91 Å². The van der Waals surface area contributed by atoms with Gasteiger partial charge in [0.2, 0.25) is 0 Å². The summed E-state index contributed by atoms with van der Waals surface area (Å²) >= 11 is 0. The fraction of sp³-hybridized carbons (Fsp3) is 0.222. The molecule has 0 aliphatic heterocycles. The summed E-state index contributed by atoms with van der Waals surface area (Å²) in [5.74, 6) is 0.458. The van der Waals surface area contributed by atoms with Crippen LogP contribution in [0.3, 0.4) is 0 Å². The first-order chi connectivity index (χ1) is 12.1. The van der Waals surface area contributed by atoms with E-state index in [4.69, 9.17) is 14.3 Å². The molecule has 0 bridgehead atoms. The lowest BCUT2D eigenvalue weighted by molar-refractivity contribution is -0.120. The second-order valence-corrected chi connectivity index (χ2v) is 4.91. The summed E-state index contributed by atoms with van der Waals surface area (Å²) in [6.45, 7) is 2.16. The van der Waals surface area contributed by atoms with E-state index in [1.165, 1.54) is 30.5 Å². The van der Waals surface area contributed by atoms with Crippen molar-refractivity contribution in [3.63, 3.8) is 0 Å². The Labute approximate surface area is 145 Å². The number of amides is 1. The number of hydrogen-bond donors (Lipinski definition) is 1. The molecule has 0 atom stereocenters. The van der Waals surface area contributed by atoms with E-state index in [0.717, 1.165) is 5.56 Å². The molecule has 0 unspecified atom stereocenters. The highest BCUT2D eigenvalue weighted by molar-refractivity contribution is 5.91. The third-order valence-corrected chi connectivity index (χ3v) is 3.09. The average molecular weight is 346 g/mol. The maximum absolute atomic E-state index is 12.8. The van der Waals surface area contributed by atoms with Crippen LogP contribution in [-0.4, -0.2) is 32.4 Å². The topological polar surface area (TPSA) is 69.2 Å². The first-order valence-corrected chi connectivity index (χ1v) is 7.64. The predicted molar refractivity (Wildman–Crippen MR) is 92.7 cm³/mol. The van der Waals surface area contributed by atoms with Crippen LogP contribution in [-0.2, 0) is 9.63 Å². The van der Waals surface area contributed by atoms with Crippen molar-refractivity contribution >= 4 is 17.8 Å². The Balaban J connectivity index is 1.84. The highest BCUT2D eigenvalue weighted by atomic mass is 19.1. The van der Waals surface area contributed by atoms with Gasteiger partial charge in [-0.1, -0.05) is 5.16 Å². The molecule has 0 aromatic heterocycles. The van der Waals surface area contributed by atoms with Gasteiger partial charge in [-0.25, -0.2) is 4.39 Å². The van der Waals surface area contributed by atoms with Crippen molar-refractivity contribution in [2.75, 3.05) is 25.6 Å². The van der Waals surface area contributed by atoms with Crippen molar-refractivity contribution in [1.29, 1.82) is 0 Å². The van der Waals surface area contributed by atoms with Gasteiger partial charge < -0.3 is 19.6 Å². The summed E-state index contributed by atoms with van der Waals surface area (Å²) in [4.78, 5) is 16.6. The van der Waals surface area contributed by atoms with E-state index in [1.807, 2.05) is 6.92 Å². The van der Waals surface area contributed by atoms with Crippen LogP contribution in [0.15, 0.2) is 47.6 Å². The standard InChI is InChI=1S/C18H19FN2O4/c1-3-24-16-9-4-13(10-17(16)23-2)11-20-25-12-18(22)21-15-7-5-14(19)6-8-15/h4-11H,3,12H2,1-2H3,(H,21,22). The molecule has 0 aliphatic carbocycles. The fourth-order valence-corrected chi connectivity index (χ4v) is 1.96. The first-order valence-electron chi connectivity index (χ1n) is 7.64. The van der Waals surface area contributed by atoms with Gasteiger partial charge in [-0.3, -0.25) is 4.79 Å². The summed E-state index contributed by atoms with van der Waals surface area (Å²) in [5, 5.41) is 6.31. The third-order valence-electron chi connectivity index (χ3n) is 3.09. The number of methoxy groups -OCH3 is 1. The number of oxime groups is 1. The molecular weight excluding hydrogens is 327 g/mol. The zero-order valence-electron chi connectivity index (χ0n) is 14.0. The smallest absolute Gasteiger partial charge is 0.265 e. The van der Waals surface area contributed by atoms with Crippen molar-refractivity contribution in [1.82, 2.24) is 0 Å². The van der Waals surface area contributed by atoms with Crippen LogP contribution in [0.2, 0.25) is 0 Å². The molecule has 0 fully saturated rings. The second kappa shape index (κ2) is 9.27. The van der Waals surface area contributed by atoms with Gasteiger partial charge in [0.25, 0.3) is 5.91 Å². The highest BCUT2D eigenvalue weighted by Crippen LogP contribution is 2.27. The largest absolute Gasteiger partial charge is 0.493 e. The summed E-state index contributed by atoms with van der Waals surface area (Å²) in [6.07, 6.45) is 1.46. The monoisotopic (exact) mass is 346 g/mol. The first kappa shape index (κ1) is 18.3. The van der Waals surface area contributed by atoms with Gasteiger partial charge in [0.05, 0.1) is 19.9 Å². The second-order valence-electron chi connectivity index (χ2n) is 4.91. The van der Waals surface area contributed by atoms with Gasteiger partial charge >= 0.3 is 0 Å². The number of rotatable bonds is 8. The zero-order chi connectivity index (χ0) is 18.1. The van der Waals surface area contributed by atoms with Gasteiger partial charge in [0, 0.05) is 11.3 Å². The number of halogens is 1.